The molecular formula is C11H12BrN3. The summed E-state index contributed by atoms with van der Waals surface area (Å²) < 4.78 is 2.89. The van der Waals surface area contributed by atoms with E-state index in [0.29, 0.717) is 5.92 Å². The molecule has 1 aliphatic carbocycles. The lowest BCUT2D eigenvalue weighted by atomic mass is 10.1. The van der Waals surface area contributed by atoms with Gasteiger partial charge in [-0.15, -0.1) is 0 Å². The van der Waals surface area contributed by atoms with Crippen LogP contribution in [-0.2, 0) is 0 Å². The molecule has 0 aliphatic heterocycles. The molecular weight excluding hydrogens is 254 g/mol. The number of fused-ring (bicyclic) bond motifs is 1. The summed E-state index contributed by atoms with van der Waals surface area (Å²) in [6.45, 7) is 0. The van der Waals surface area contributed by atoms with Gasteiger partial charge in [-0.1, -0.05) is 12.8 Å². The molecule has 1 aliphatic rings. The fourth-order valence-electron chi connectivity index (χ4n) is 2.36. The van der Waals surface area contributed by atoms with Crippen LogP contribution in [0.2, 0.25) is 0 Å². The first-order chi connectivity index (χ1) is 7.36. The Morgan fingerprint density at radius 3 is 2.93 bits per heavy atom. The molecule has 0 atom stereocenters. The second-order valence-electron chi connectivity index (χ2n) is 4.06. The highest BCUT2D eigenvalue weighted by Crippen LogP contribution is 2.34. The minimum atomic E-state index is 0.596. The Bertz CT molecular complexity index is 486. The molecule has 2 heterocycles. The third-order valence-electron chi connectivity index (χ3n) is 3.11. The van der Waals surface area contributed by atoms with E-state index in [2.05, 4.69) is 26.0 Å². The van der Waals surface area contributed by atoms with Crippen LogP contribution in [0.5, 0.6) is 0 Å². The highest BCUT2D eigenvalue weighted by Gasteiger charge is 2.23. The van der Waals surface area contributed by atoms with E-state index in [-0.39, 0.29) is 0 Å². The average Bonchev–Trinajstić information content (AvgIpc) is 2.87. The van der Waals surface area contributed by atoms with E-state index in [9.17, 15) is 0 Å². The van der Waals surface area contributed by atoms with Gasteiger partial charge in [0.25, 0.3) is 0 Å². The SMILES string of the molecule is Brc1nc(C2CCCC2)n2ncccc12. The summed E-state index contributed by atoms with van der Waals surface area (Å²) in [5, 5.41) is 4.37. The zero-order valence-corrected chi connectivity index (χ0v) is 9.94. The summed E-state index contributed by atoms with van der Waals surface area (Å²) in [4.78, 5) is 4.59. The van der Waals surface area contributed by atoms with Crippen LogP contribution in [0.15, 0.2) is 22.9 Å². The number of hydrogen-bond acceptors (Lipinski definition) is 2. The summed E-state index contributed by atoms with van der Waals surface area (Å²) in [5.74, 6) is 1.72. The van der Waals surface area contributed by atoms with Crippen LogP contribution < -0.4 is 0 Å². The predicted molar refractivity (Wildman–Crippen MR) is 61.9 cm³/mol. The van der Waals surface area contributed by atoms with Crippen molar-refractivity contribution in [3.8, 4) is 0 Å². The van der Waals surface area contributed by atoms with Gasteiger partial charge in [0.1, 0.15) is 10.4 Å². The van der Waals surface area contributed by atoms with Crippen LogP contribution in [-0.4, -0.2) is 14.6 Å². The first-order valence-corrected chi connectivity index (χ1v) is 6.15. The van der Waals surface area contributed by atoms with Crippen molar-refractivity contribution in [3.05, 3.63) is 28.8 Å². The first-order valence-electron chi connectivity index (χ1n) is 5.35. The largest absolute Gasteiger partial charge is 0.223 e. The van der Waals surface area contributed by atoms with E-state index in [0.717, 1.165) is 15.9 Å². The molecule has 0 saturated heterocycles. The summed E-state index contributed by atoms with van der Waals surface area (Å²) in [5.41, 5.74) is 1.07. The van der Waals surface area contributed by atoms with Crippen molar-refractivity contribution >= 4 is 21.4 Å². The highest BCUT2D eigenvalue weighted by molar-refractivity contribution is 9.10. The van der Waals surface area contributed by atoms with Gasteiger partial charge in [0, 0.05) is 12.1 Å². The van der Waals surface area contributed by atoms with Gasteiger partial charge in [0.2, 0.25) is 0 Å². The minimum Gasteiger partial charge on any atom is -0.223 e. The summed E-state index contributed by atoms with van der Waals surface area (Å²) in [6.07, 6.45) is 6.97. The molecule has 2 aromatic heterocycles. The van der Waals surface area contributed by atoms with Gasteiger partial charge in [0.15, 0.2) is 0 Å². The molecule has 0 radical (unpaired) electrons. The maximum Gasteiger partial charge on any atom is 0.135 e. The molecule has 0 amide bonds. The molecule has 0 aromatic carbocycles. The zero-order valence-electron chi connectivity index (χ0n) is 8.36. The summed E-state index contributed by atoms with van der Waals surface area (Å²) in [6, 6.07) is 3.99. The quantitative estimate of drug-likeness (QED) is 0.793. The first kappa shape index (κ1) is 9.33. The lowest BCUT2D eigenvalue weighted by Crippen LogP contribution is -2.02. The van der Waals surface area contributed by atoms with E-state index < -0.39 is 0 Å². The standard InChI is InChI=1S/C11H12BrN3/c12-10-9-6-3-7-13-15(9)11(14-10)8-4-1-2-5-8/h3,6-8H,1-2,4-5H2. The van der Waals surface area contributed by atoms with Crippen molar-refractivity contribution in [2.24, 2.45) is 0 Å². The Morgan fingerprint density at radius 1 is 1.33 bits per heavy atom. The fraction of sp³-hybridized carbons (Fsp3) is 0.455. The van der Waals surface area contributed by atoms with E-state index in [1.807, 2.05) is 22.8 Å². The van der Waals surface area contributed by atoms with Crippen LogP contribution in [0.1, 0.15) is 37.4 Å². The average molecular weight is 266 g/mol. The van der Waals surface area contributed by atoms with Gasteiger partial charge in [-0.05, 0) is 40.9 Å². The van der Waals surface area contributed by atoms with Crippen LogP contribution in [0.4, 0.5) is 0 Å². The summed E-state index contributed by atoms with van der Waals surface area (Å²) in [7, 11) is 0. The van der Waals surface area contributed by atoms with Crippen molar-refractivity contribution in [3.63, 3.8) is 0 Å². The Hall–Kier alpha value is -0.900. The van der Waals surface area contributed by atoms with Crippen LogP contribution in [0, 0.1) is 0 Å². The number of hydrogen-bond donors (Lipinski definition) is 0. The van der Waals surface area contributed by atoms with E-state index in [1.165, 1.54) is 25.7 Å². The highest BCUT2D eigenvalue weighted by atomic mass is 79.9. The van der Waals surface area contributed by atoms with Crippen molar-refractivity contribution in [2.75, 3.05) is 0 Å². The molecule has 2 aromatic rings. The second-order valence-corrected chi connectivity index (χ2v) is 4.81. The van der Waals surface area contributed by atoms with Crippen molar-refractivity contribution < 1.29 is 0 Å². The molecule has 15 heavy (non-hydrogen) atoms. The van der Waals surface area contributed by atoms with Crippen molar-refractivity contribution in [2.45, 2.75) is 31.6 Å². The van der Waals surface area contributed by atoms with Gasteiger partial charge in [-0.2, -0.15) is 5.10 Å². The Kier molecular flexibility index (Phi) is 2.24. The Balaban J connectivity index is 2.17. The molecule has 4 heteroatoms. The number of rotatable bonds is 1. The second kappa shape index (κ2) is 3.59. The number of nitrogens with zero attached hydrogens (tertiary/aromatic N) is 3. The Morgan fingerprint density at radius 2 is 2.13 bits per heavy atom. The van der Waals surface area contributed by atoms with Gasteiger partial charge in [-0.25, -0.2) is 9.50 Å². The number of aromatic nitrogens is 3. The maximum atomic E-state index is 4.59. The predicted octanol–water partition coefficient (Wildman–Crippen LogP) is 3.15. The summed E-state index contributed by atoms with van der Waals surface area (Å²) >= 11 is 3.49. The van der Waals surface area contributed by atoms with E-state index in [1.54, 1.807) is 0 Å². The van der Waals surface area contributed by atoms with Gasteiger partial charge in [0.05, 0.1) is 5.52 Å². The van der Waals surface area contributed by atoms with Crippen LogP contribution in [0.3, 0.4) is 0 Å². The zero-order chi connectivity index (χ0) is 10.3. The molecule has 1 fully saturated rings. The maximum absolute atomic E-state index is 4.59. The van der Waals surface area contributed by atoms with E-state index >= 15 is 0 Å². The molecule has 0 bridgehead atoms. The van der Waals surface area contributed by atoms with Crippen molar-refractivity contribution in [1.29, 1.82) is 0 Å². The Labute approximate surface area is 96.6 Å². The lowest BCUT2D eigenvalue weighted by molar-refractivity contribution is 0.642. The monoisotopic (exact) mass is 265 g/mol. The van der Waals surface area contributed by atoms with E-state index in [4.69, 9.17) is 0 Å². The molecule has 3 nitrogen and oxygen atoms in total. The molecule has 0 unspecified atom stereocenters. The smallest absolute Gasteiger partial charge is 0.135 e. The van der Waals surface area contributed by atoms with Crippen LogP contribution >= 0.6 is 15.9 Å². The lowest BCUT2D eigenvalue weighted by Gasteiger charge is -2.05. The third kappa shape index (κ3) is 1.47. The molecule has 1 saturated carbocycles. The third-order valence-corrected chi connectivity index (χ3v) is 3.70. The molecule has 78 valence electrons. The normalized spacial score (nSPS) is 17.7. The number of imidazole rings is 1. The molecule has 0 N–H and O–H groups in total. The topological polar surface area (TPSA) is 30.2 Å². The van der Waals surface area contributed by atoms with Gasteiger partial charge in [-0.3, -0.25) is 0 Å². The molecule has 3 rings (SSSR count). The number of halogens is 1. The van der Waals surface area contributed by atoms with Crippen molar-refractivity contribution in [1.82, 2.24) is 14.6 Å². The minimum absolute atomic E-state index is 0.596. The van der Waals surface area contributed by atoms with Gasteiger partial charge >= 0.3 is 0 Å². The fourth-order valence-corrected chi connectivity index (χ4v) is 2.85. The molecule has 0 spiro atoms. The van der Waals surface area contributed by atoms with Gasteiger partial charge < -0.3 is 0 Å². The van der Waals surface area contributed by atoms with Crippen LogP contribution in [0.25, 0.3) is 5.52 Å².